The SMILES string of the molecule is COCC(=O)N1CCOC(COc2ccc3c(c2)CCC3)C1. The maximum atomic E-state index is 11.9. The first-order chi connectivity index (χ1) is 10.8. The molecule has 1 aliphatic heterocycles. The van der Waals surface area contributed by atoms with Crippen LogP contribution in [0.2, 0.25) is 0 Å². The molecule has 3 rings (SSSR count). The lowest BCUT2D eigenvalue weighted by atomic mass is 10.1. The van der Waals surface area contributed by atoms with E-state index in [0.29, 0.717) is 26.3 Å². The Hall–Kier alpha value is -1.59. The topological polar surface area (TPSA) is 48.0 Å². The van der Waals surface area contributed by atoms with Crippen LogP contribution in [0, 0.1) is 0 Å². The number of carbonyl (C=O) groups is 1. The molecule has 1 atom stereocenters. The van der Waals surface area contributed by atoms with Crippen LogP contribution in [0.5, 0.6) is 5.75 Å². The lowest BCUT2D eigenvalue weighted by Gasteiger charge is -2.32. The van der Waals surface area contributed by atoms with Gasteiger partial charge in [0, 0.05) is 13.7 Å². The van der Waals surface area contributed by atoms with Crippen molar-refractivity contribution in [3.63, 3.8) is 0 Å². The fourth-order valence-corrected chi connectivity index (χ4v) is 3.09. The van der Waals surface area contributed by atoms with Gasteiger partial charge in [0.25, 0.3) is 0 Å². The first-order valence-electron chi connectivity index (χ1n) is 7.89. The number of benzene rings is 1. The molecule has 0 spiro atoms. The van der Waals surface area contributed by atoms with Crippen molar-refractivity contribution in [2.24, 2.45) is 0 Å². The molecule has 5 heteroatoms. The van der Waals surface area contributed by atoms with Crippen molar-refractivity contribution in [1.29, 1.82) is 0 Å². The maximum Gasteiger partial charge on any atom is 0.248 e. The zero-order chi connectivity index (χ0) is 15.4. The van der Waals surface area contributed by atoms with E-state index in [9.17, 15) is 4.79 Å². The monoisotopic (exact) mass is 305 g/mol. The lowest BCUT2D eigenvalue weighted by molar-refractivity contribution is -0.143. The van der Waals surface area contributed by atoms with Crippen LogP contribution >= 0.6 is 0 Å². The van der Waals surface area contributed by atoms with E-state index in [1.165, 1.54) is 31.1 Å². The summed E-state index contributed by atoms with van der Waals surface area (Å²) in [4.78, 5) is 13.6. The van der Waals surface area contributed by atoms with Crippen LogP contribution in [0.4, 0.5) is 0 Å². The van der Waals surface area contributed by atoms with Crippen LogP contribution < -0.4 is 4.74 Å². The summed E-state index contributed by atoms with van der Waals surface area (Å²) in [5.74, 6) is 0.901. The van der Waals surface area contributed by atoms with Gasteiger partial charge in [-0.3, -0.25) is 4.79 Å². The molecule has 22 heavy (non-hydrogen) atoms. The fourth-order valence-electron chi connectivity index (χ4n) is 3.09. The molecule has 1 fully saturated rings. The Labute approximate surface area is 131 Å². The van der Waals surface area contributed by atoms with Crippen LogP contribution in [0.25, 0.3) is 0 Å². The van der Waals surface area contributed by atoms with E-state index in [0.717, 1.165) is 12.2 Å². The van der Waals surface area contributed by atoms with Gasteiger partial charge in [-0.1, -0.05) is 6.07 Å². The number of aryl methyl sites for hydroxylation is 2. The summed E-state index contributed by atoms with van der Waals surface area (Å²) in [6.07, 6.45) is 3.48. The summed E-state index contributed by atoms with van der Waals surface area (Å²) in [6, 6.07) is 6.33. The molecule has 120 valence electrons. The van der Waals surface area contributed by atoms with E-state index in [-0.39, 0.29) is 18.6 Å². The number of morpholine rings is 1. The molecule has 1 aromatic carbocycles. The fraction of sp³-hybridized carbons (Fsp3) is 0.588. The second-order valence-corrected chi connectivity index (χ2v) is 5.86. The largest absolute Gasteiger partial charge is 0.491 e. The third-order valence-electron chi connectivity index (χ3n) is 4.27. The molecule has 0 bridgehead atoms. The number of methoxy groups -OCH3 is 1. The molecule has 1 unspecified atom stereocenters. The van der Waals surface area contributed by atoms with Crippen molar-refractivity contribution in [1.82, 2.24) is 4.90 Å². The molecule has 1 saturated heterocycles. The second-order valence-electron chi connectivity index (χ2n) is 5.86. The molecule has 1 aromatic rings. The molecule has 1 heterocycles. The molecule has 1 amide bonds. The molecular formula is C17H23NO4. The summed E-state index contributed by atoms with van der Waals surface area (Å²) in [5, 5.41) is 0. The quantitative estimate of drug-likeness (QED) is 0.826. The lowest BCUT2D eigenvalue weighted by Crippen LogP contribution is -2.48. The molecule has 1 aliphatic carbocycles. The van der Waals surface area contributed by atoms with Gasteiger partial charge in [0.1, 0.15) is 25.1 Å². The van der Waals surface area contributed by atoms with Gasteiger partial charge < -0.3 is 19.1 Å². The van der Waals surface area contributed by atoms with Crippen LogP contribution in [0.15, 0.2) is 18.2 Å². The highest BCUT2D eigenvalue weighted by molar-refractivity contribution is 5.77. The highest BCUT2D eigenvalue weighted by Crippen LogP contribution is 2.26. The molecular weight excluding hydrogens is 282 g/mol. The van der Waals surface area contributed by atoms with Gasteiger partial charge >= 0.3 is 0 Å². The first kappa shape index (κ1) is 15.3. The third kappa shape index (κ3) is 3.59. The predicted octanol–water partition coefficient (Wildman–Crippen LogP) is 1.43. The van der Waals surface area contributed by atoms with E-state index in [1.807, 2.05) is 6.07 Å². The van der Waals surface area contributed by atoms with E-state index in [1.54, 1.807) is 4.90 Å². The van der Waals surface area contributed by atoms with Gasteiger partial charge in [-0.05, 0) is 42.5 Å². The van der Waals surface area contributed by atoms with Crippen LogP contribution in [0.1, 0.15) is 17.5 Å². The number of fused-ring (bicyclic) bond motifs is 1. The van der Waals surface area contributed by atoms with Gasteiger partial charge in [0.2, 0.25) is 5.91 Å². The van der Waals surface area contributed by atoms with E-state index in [2.05, 4.69) is 12.1 Å². The summed E-state index contributed by atoms with van der Waals surface area (Å²) in [7, 11) is 1.53. The second kappa shape index (κ2) is 7.11. The molecule has 2 aliphatic rings. The van der Waals surface area contributed by atoms with Crippen LogP contribution in [0.3, 0.4) is 0 Å². The van der Waals surface area contributed by atoms with Crippen molar-refractivity contribution in [3.8, 4) is 5.75 Å². The molecule has 0 N–H and O–H groups in total. The molecule has 5 nitrogen and oxygen atoms in total. The minimum absolute atomic E-state index is 0.00771. The number of nitrogens with zero attached hydrogens (tertiary/aromatic N) is 1. The Morgan fingerprint density at radius 3 is 3.09 bits per heavy atom. The number of carbonyl (C=O) groups excluding carboxylic acids is 1. The Morgan fingerprint density at radius 2 is 2.23 bits per heavy atom. The first-order valence-corrected chi connectivity index (χ1v) is 7.89. The third-order valence-corrected chi connectivity index (χ3v) is 4.27. The minimum atomic E-state index is -0.0807. The highest BCUT2D eigenvalue weighted by Gasteiger charge is 2.24. The molecule has 0 aromatic heterocycles. The van der Waals surface area contributed by atoms with Gasteiger partial charge in [-0.15, -0.1) is 0 Å². The summed E-state index contributed by atoms with van der Waals surface area (Å²) in [5.41, 5.74) is 2.84. The molecule has 0 saturated carbocycles. The van der Waals surface area contributed by atoms with Gasteiger partial charge in [0.15, 0.2) is 0 Å². The summed E-state index contributed by atoms with van der Waals surface area (Å²) >= 11 is 0. The van der Waals surface area contributed by atoms with Crippen molar-refractivity contribution in [2.45, 2.75) is 25.4 Å². The van der Waals surface area contributed by atoms with E-state index >= 15 is 0 Å². The van der Waals surface area contributed by atoms with Crippen LogP contribution in [-0.2, 0) is 27.1 Å². The number of ether oxygens (including phenoxy) is 3. The minimum Gasteiger partial charge on any atom is -0.491 e. The predicted molar refractivity (Wildman–Crippen MR) is 82.2 cm³/mol. The number of hydrogen-bond donors (Lipinski definition) is 0. The maximum absolute atomic E-state index is 11.9. The number of hydrogen-bond acceptors (Lipinski definition) is 4. The average Bonchev–Trinajstić information content (AvgIpc) is 3.01. The average molecular weight is 305 g/mol. The van der Waals surface area contributed by atoms with Crippen molar-refractivity contribution < 1.29 is 19.0 Å². The van der Waals surface area contributed by atoms with Crippen molar-refractivity contribution in [3.05, 3.63) is 29.3 Å². The number of amides is 1. The van der Waals surface area contributed by atoms with E-state index < -0.39 is 0 Å². The van der Waals surface area contributed by atoms with Crippen molar-refractivity contribution >= 4 is 5.91 Å². The van der Waals surface area contributed by atoms with Gasteiger partial charge in [-0.2, -0.15) is 0 Å². The molecule has 0 radical (unpaired) electrons. The van der Waals surface area contributed by atoms with Gasteiger partial charge in [0.05, 0.1) is 13.2 Å². The highest BCUT2D eigenvalue weighted by atomic mass is 16.5. The number of rotatable bonds is 5. The Kier molecular flexibility index (Phi) is 4.95. The summed E-state index contributed by atoms with van der Waals surface area (Å²) in [6.45, 7) is 2.33. The van der Waals surface area contributed by atoms with Crippen molar-refractivity contribution in [2.75, 3.05) is 40.0 Å². The standard InChI is InChI=1S/C17H23NO4/c1-20-12-17(19)18-7-8-21-16(10-18)11-22-15-6-5-13-3-2-4-14(13)9-15/h5-6,9,16H,2-4,7-8,10-12H2,1H3. The zero-order valence-electron chi connectivity index (χ0n) is 13.0. The Balaban J connectivity index is 1.51. The van der Waals surface area contributed by atoms with Crippen LogP contribution in [-0.4, -0.2) is 56.9 Å². The Bertz CT molecular complexity index is 531. The normalized spacial score (nSPS) is 20.8. The zero-order valence-corrected chi connectivity index (χ0v) is 13.0. The smallest absolute Gasteiger partial charge is 0.248 e. The van der Waals surface area contributed by atoms with Gasteiger partial charge in [-0.25, -0.2) is 0 Å². The van der Waals surface area contributed by atoms with E-state index in [4.69, 9.17) is 14.2 Å². The Morgan fingerprint density at radius 1 is 1.36 bits per heavy atom. The summed E-state index contributed by atoms with van der Waals surface area (Å²) < 4.78 is 16.5.